The summed E-state index contributed by atoms with van der Waals surface area (Å²) in [6.07, 6.45) is 11.5. The topological polar surface area (TPSA) is 61.3 Å². The van der Waals surface area contributed by atoms with E-state index in [9.17, 15) is 4.79 Å². The number of hydrogen-bond donors (Lipinski definition) is 0. The Kier molecular flexibility index (Phi) is 10.2. The minimum absolute atomic E-state index is 0.178. The van der Waals surface area contributed by atoms with Crippen LogP contribution in [0, 0.1) is 5.92 Å². The number of ether oxygens (including phenoxy) is 2. The maximum atomic E-state index is 12.0. The van der Waals surface area contributed by atoms with E-state index in [4.69, 9.17) is 9.47 Å². The van der Waals surface area contributed by atoms with Crippen LogP contribution in [0.2, 0.25) is 0 Å². The van der Waals surface area contributed by atoms with Crippen LogP contribution in [-0.2, 0) is 4.79 Å². The van der Waals surface area contributed by atoms with E-state index in [1.807, 2.05) is 12.1 Å². The third-order valence-corrected chi connectivity index (χ3v) is 5.01. The minimum atomic E-state index is -0.178. The van der Waals surface area contributed by atoms with Gasteiger partial charge in [0, 0.05) is 12.0 Å². The van der Waals surface area contributed by atoms with Gasteiger partial charge in [-0.25, -0.2) is 9.97 Å². The summed E-state index contributed by atoms with van der Waals surface area (Å²) in [5, 5.41) is 0. The van der Waals surface area contributed by atoms with Crippen LogP contribution >= 0.6 is 0 Å². The van der Waals surface area contributed by atoms with Crippen LogP contribution in [-0.4, -0.2) is 22.5 Å². The van der Waals surface area contributed by atoms with E-state index in [2.05, 4.69) is 30.7 Å². The zero-order valence-corrected chi connectivity index (χ0v) is 18.0. The smallest absolute Gasteiger partial charge is 0.311 e. The SMILES string of the molecule is CCCCCOc1cnc(-c2ccc(OC(=O)CCCCC(C)CC)cc2)nc1. The molecule has 1 aromatic carbocycles. The summed E-state index contributed by atoms with van der Waals surface area (Å²) in [5.74, 6) is 2.40. The lowest BCUT2D eigenvalue weighted by molar-refractivity contribution is -0.134. The van der Waals surface area contributed by atoms with Gasteiger partial charge in [0.05, 0.1) is 19.0 Å². The van der Waals surface area contributed by atoms with Gasteiger partial charge in [0.25, 0.3) is 0 Å². The number of aromatic nitrogens is 2. The molecular formula is C24H34N2O3. The van der Waals surface area contributed by atoms with Crippen LogP contribution in [0.4, 0.5) is 0 Å². The Hall–Kier alpha value is -2.43. The summed E-state index contributed by atoms with van der Waals surface area (Å²) in [4.78, 5) is 20.7. The van der Waals surface area contributed by atoms with Gasteiger partial charge < -0.3 is 9.47 Å². The molecule has 0 fully saturated rings. The molecule has 0 amide bonds. The number of carbonyl (C=O) groups is 1. The van der Waals surface area contributed by atoms with Crippen LogP contribution in [0.1, 0.15) is 72.1 Å². The molecule has 0 aliphatic carbocycles. The van der Waals surface area contributed by atoms with E-state index in [1.54, 1.807) is 24.5 Å². The summed E-state index contributed by atoms with van der Waals surface area (Å²) >= 11 is 0. The van der Waals surface area contributed by atoms with Gasteiger partial charge in [-0.05, 0) is 43.0 Å². The summed E-state index contributed by atoms with van der Waals surface area (Å²) in [6.45, 7) is 7.30. The molecule has 0 N–H and O–H groups in total. The summed E-state index contributed by atoms with van der Waals surface area (Å²) in [6, 6.07) is 7.29. The number of unbranched alkanes of at least 4 members (excludes halogenated alkanes) is 3. The number of esters is 1. The molecule has 0 radical (unpaired) electrons. The summed E-state index contributed by atoms with van der Waals surface area (Å²) in [5.41, 5.74) is 0.871. The van der Waals surface area contributed by atoms with Crippen LogP contribution in [0.5, 0.6) is 11.5 Å². The van der Waals surface area contributed by atoms with E-state index < -0.39 is 0 Å². The van der Waals surface area contributed by atoms with Crippen molar-refractivity contribution in [3.05, 3.63) is 36.7 Å². The Labute approximate surface area is 174 Å². The van der Waals surface area contributed by atoms with Gasteiger partial charge in [-0.15, -0.1) is 0 Å². The molecule has 158 valence electrons. The molecule has 5 heteroatoms. The Balaban J connectivity index is 1.78. The lowest BCUT2D eigenvalue weighted by atomic mass is 10.0. The third kappa shape index (κ3) is 8.63. The molecular weight excluding hydrogens is 364 g/mol. The van der Waals surface area contributed by atoms with E-state index in [0.717, 1.165) is 37.2 Å². The van der Waals surface area contributed by atoms with Crippen molar-refractivity contribution in [2.45, 2.75) is 72.1 Å². The molecule has 0 saturated carbocycles. The largest absolute Gasteiger partial charge is 0.490 e. The molecule has 0 aliphatic heterocycles. The zero-order chi connectivity index (χ0) is 20.9. The van der Waals surface area contributed by atoms with Crippen LogP contribution < -0.4 is 9.47 Å². The molecule has 1 aromatic heterocycles. The molecule has 5 nitrogen and oxygen atoms in total. The molecule has 2 aromatic rings. The molecule has 0 bridgehead atoms. The van der Waals surface area contributed by atoms with Crippen molar-refractivity contribution in [3.63, 3.8) is 0 Å². The number of benzene rings is 1. The van der Waals surface area contributed by atoms with E-state index in [0.29, 0.717) is 30.4 Å². The minimum Gasteiger partial charge on any atom is -0.490 e. The van der Waals surface area contributed by atoms with Crippen LogP contribution in [0.25, 0.3) is 11.4 Å². The molecule has 0 saturated heterocycles. The first kappa shape index (κ1) is 22.9. The maximum Gasteiger partial charge on any atom is 0.311 e. The first-order valence-electron chi connectivity index (χ1n) is 10.9. The second-order valence-corrected chi connectivity index (χ2v) is 7.56. The molecule has 0 aliphatic rings. The quantitative estimate of drug-likeness (QED) is 0.227. The van der Waals surface area contributed by atoms with Crippen molar-refractivity contribution in [1.29, 1.82) is 0 Å². The van der Waals surface area contributed by atoms with Crippen molar-refractivity contribution in [2.24, 2.45) is 5.92 Å². The van der Waals surface area contributed by atoms with Gasteiger partial charge in [0.1, 0.15) is 5.75 Å². The predicted octanol–water partition coefficient (Wildman–Crippen LogP) is 6.22. The zero-order valence-electron chi connectivity index (χ0n) is 18.0. The Bertz CT molecular complexity index is 714. The number of nitrogens with zero attached hydrogens (tertiary/aromatic N) is 2. The first-order valence-corrected chi connectivity index (χ1v) is 10.9. The Morgan fingerprint density at radius 1 is 0.966 bits per heavy atom. The fourth-order valence-electron chi connectivity index (χ4n) is 2.90. The summed E-state index contributed by atoms with van der Waals surface area (Å²) < 4.78 is 11.1. The number of rotatable bonds is 13. The van der Waals surface area contributed by atoms with Crippen molar-refractivity contribution in [1.82, 2.24) is 9.97 Å². The Morgan fingerprint density at radius 3 is 2.34 bits per heavy atom. The monoisotopic (exact) mass is 398 g/mol. The first-order chi connectivity index (χ1) is 14.1. The van der Waals surface area contributed by atoms with Gasteiger partial charge in [-0.3, -0.25) is 4.79 Å². The highest BCUT2D eigenvalue weighted by atomic mass is 16.5. The van der Waals surface area contributed by atoms with Crippen LogP contribution in [0.15, 0.2) is 36.7 Å². The average Bonchev–Trinajstić information content (AvgIpc) is 2.75. The number of hydrogen-bond acceptors (Lipinski definition) is 5. The van der Waals surface area contributed by atoms with Crippen molar-refractivity contribution in [2.75, 3.05) is 6.61 Å². The molecule has 2 rings (SSSR count). The number of carbonyl (C=O) groups excluding carboxylic acids is 1. The average molecular weight is 399 g/mol. The lowest BCUT2D eigenvalue weighted by Gasteiger charge is -2.08. The van der Waals surface area contributed by atoms with Gasteiger partial charge >= 0.3 is 5.97 Å². The molecule has 1 heterocycles. The molecule has 0 spiro atoms. The highest BCUT2D eigenvalue weighted by Gasteiger charge is 2.07. The second-order valence-electron chi connectivity index (χ2n) is 7.56. The highest BCUT2D eigenvalue weighted by molar-refractivity contribution is 5.72. The standard InChI is InChI=1S/C24H34N2O3/c1-4-6-9-16-28-22-17-25-24(26-18-22)20-12-14-21(15-13-20)29-23(27)11-8-7-10-19(3)5-2/h12-15,17-19H,4-11,16H2,1-3H3. The molecule has 1 unspecified atom stereocenters. The fraction of sp³-hybridized carbons (Fsp3) is 0.542. The van der Waals surface area contributed by atoms with E-state index in [1.165, 1.54) is 19.3 Å². The van der Waals surface area contributed by atoms with E-state index in [-0.39, 0.29) is 5.97 Å². The second kappa shape index (κ2) is 12.9. The van der Waals surface area contributed by atoms with Crippen LogP contribution in [0.3, 0.4) is 0 Å². The predicted molar refractivity (Wildman–Crippen MR) is 116 cm³/mol. The van der Waals surface area contributed by atoms with Gasteiger partial charge in [0.2, 0.25) is 0 Å². The molecule has 1 atom stereocenters. The summed E-state index contributed by atoms with van der Waals surface area (Å²) in [7, 11) is 0. The van der Waals surface area contributed by atoms with Gasteiger partial charge in [-0.1, -0.05) is 52.9 Å². The fourth-order valence-corrected chi connectivity index (χ4v) is 2.90. The molecule has 29 heavy (non-hydrogen) atoms. The third-order valence-electron chi connectivity index (χ3n) is 5.01. The Morgan fingerprint density at radius 2 is 1.69 bits per heavy atom. The highest BCUT2D eigenvalue weighted by Crippen LogP contribution is 2.21. The lowest BCUT2D eigenvalue weighted by Crippen LogP contribution is -2.07. The van der Waals surface area contributed by atoms with Crippen molar-refractivity contribution < 1.29 is 14.3 Å². The van der Waals surface area contributed by atoms with Crippen molar-refractivity contribution in [3.8, 4) is 22.9 Å². The van der Waals surface area contributed by atoms with Gasteiger partial charge in [0.15, 0.2) is 11.6 Å². The van der Waals surface area contributed by atoms with E-state index >= 15 is 0 Å². The van der Waals surface area contributed by atoms with Crippen molar-refractivity contribution >= 4 is 5.97 Å². The maximum absolute atomic E-state index is 12.0. The normalized spacial score (nSPS) is 11.8. The van der Waals surface area contributed by atoms with Gasteiger partial charge in [-0.2, -0.15) is 0 Å².